The molecule has 0 saturated carbocycles. The zero-order valence-corrected chi connectivity index (χ0v) is 9.91. The summed E-state index contributed by atoms with van der Waals surface area (Å²) < 4.78 is 0. The van der Waals surface area contributed by atoms with E-state index in [4.69, 9.17) is 11.6 Å². The molecule has 4 heteroatoms. The molecule has 1 unspecified atom stereocenters. The second-order valence-electron chi connectivity index (χ2n) is 4.06. The monoisotopic (exact) mass is 237 g/mol. The highest BCUT2D eigenvalue weighted by Gasteiger charge is 2.36. The van der Waals surface area contributed by atoms with Gasteiger partial charge in [0, 0.05) is 18.5 Å². The van der Waals surface area contributed by atoms with Crippen molar-refractivity contribution in [1.29, 1.82) is 0 Å². The van der Waals surface area contributed by atoms with Gasteiger partial charge >= 0.3 is 0 Å². The van der Waals surface area contributed by atoms with Gasteiger partial charge in [-0.05, 0) is 24.1 Å². The smallest absolute Gasteiger partial charge is 0.236 e. The summed E-state index contributed by atoms with van der Waals surface area (Å²) in [6.45, 7) is 1.89. The lowest BCUT2D eigenvalue weighted by Gasteiger charge is -2.10. The third-order valence-corrected chi connectivity index (χ3v) is 3.39. The van der Waals surface area contributed by atoms with E-state index in [-0.39, 0.29) is 24.2 Å². The molecule has 0 aliphatic carbocycles. The highest BCUT2D eigenvalue weighted by Crippen LogP contribution is 2.30. The number of aryl methyl sites for hydroxylation is 1. The highest BCUT2D eigenvalue weighted by atomic mass is 35.5. The van der Waals surface area contributed by atoms with Crippen LogP contribution in [-0.2, 0) is 9.59 Å². The molecule has 1 aromatic rings. The lowest BCUT2D eigenvalue weighted by Crippen LogP contribution is -2.25. The largest absolute Gasteiger partial charge is 0.285 e. The average Bonchev–Trinajstić information content (AvgIpc) is 2.50. The minimum absolute atomic E-state index is 0.123. The Morgan fingerprint density at radius 2 is 2.06 bits per heavy atom. The van der Waals surface area contributed by atoms with E-state index in [9.17, 15) is 9.59 Å². The van der Waals surface area contributed by atoms with E-state index in [0.717, 1.165) is 11.1 Å². The number of rotatable bonds is 1. The molecule has 1 aromatic carbocycles. The van der Waals surface area contributed by atoms with Crippen molar-refractivity contribution in [3.63, 3.8) is 0 Å². The normalized spacial score (nSPS) is 20.7. The molecule has 2 amide bonds. The molecule has 2 rings (SSSR count). The third-order valence-electron chi connectivity index (χ3n) is 2.97. The Balaban J connectivity index is 2.35. The molecular weight excluding hydrogens is 226 g/mol. The van der Waals surface area contributed by atoms with Gasteiger partial charge in [-0.2, -0.15) is 0 Å². The van der Waals surface area contributed by atoms with Crippen LogP contribution in [0.4, 0.5) is 0 Å². The second kappa shape index (κ2) is 3.91. The van der Waals surface area contributed by atoms with Crippen molar-refractivity contribution in [1.82, 2.24) is 4.90 Å². The quantitative estimate of drug-likeness (QED) is 0.702. The van der Waals surface area contributed by atoms with E-state index < -0.39 is 0 Å². The highest BCUT2D eigenvalue weighted by molar-refractivity contribution is 6.31. The summed E-state index contributed by atoms with van der Waals surface area (Å²) >= 11 is 5.92. The number of carbonyl (C=O) groups excluding carboxylic acids is 2. The van der Waals surface area contributed by atoms with Gasteiger partial charge in [-0.25, -0.2) is 0 Å². The van der Waals surface area contributed by atoms with Crippen LogP contribution < -0.4 is 0 Å². The van der Waals surface area contributed by atoms with Gasteiger partial charge in [0.1, 0.15) is 0 Å². The van der Waals surface area contributed by atoms with Crippen molar-refractivity contribution in [3.8, 4) is 0 Å². The van der Waals surface area contributed by atoms with Gasteiger partial charge in [-0.15, -0.1) is 0 Å². The Morgan fingerprint density at radius 1 is 1.38 bits per heavy atom. The molecule has 0 radical (unpaired) electrons. The van der Waals surface area contributed by atoms with Crippen LogP contribution in [0, 0.1) is 6.92 Å². The minimum atomic E-state index is -0.339. The van der Waals surface area contributed by atoms with Gasteiger partial charge in [0.25, 0.3) is 0 Å². The van der Waals surface area contributed by atoms with E-state index in [0.29, 0.717) is 5.02 Å². The third kappa shape index (κ3) is 1.71. The summed E-state index contributed by atoms with van der Waals surface area (Å²) in [5, 5.41) is 0.675. The second-order valence-corrected chi connectivity index (χ2v) is 4.46. The van der Waals surface area contributed by atoms with Gasteiger partial charge in [-0.1, -0.05) is 23.7 Å². The number of likely N-dealkylation sites (N-methyl/N-ethyl adjacent to an activating group) is 1. The first-order valence-electron chi connectivity index (χ1n) is 5.07. The zero-order valence-electron chi connectivity index (χ0n) is 9.16. The summed E-state index contributed by atoms with van der Waals surface area (Å²) in [7, 11) is 1.52. The number of imide groups is 1. The number of benzene rings is 1. The number of carbonyl (C=O) groups is 2. The maximum Gasteiger partial charge on any atom is 0.236 e. The van der Waals surface area contributed by atoms with Crippen molar-refractivity contribution >= 4 is 23.4 Å². The summed E-state index contributed by atoms with van der Waals surface area (Å²) in [4.78, 5) is 24.4. The van der Waals surface area contributed by atoms with E-state index in [2.05, 4.69) is 0 Å². The van der Waals surface area contributed by atoms with Crippen molar-refractivity contribution in [2.45, 2.75) is 19.3 Å². The molecule has 0 spiro atoms. The molecule has 3 nitrogen and oxygen atoms in total. The molecule has 1 fully saturated rings. The summed E-state index contributed by atoms with van der Waals surface area (Å²) in [6, 6.07) is 5.45. The predicted octanol–water partition coefficient (Wildman–Crippen LogP) is 2.12. The molecule has 1 saturated heterocycles. The molecular formula is C12H12ClNO2. The van der Waals surface area contributed by atoms with Gasteiger partial charge in [0.2, 0.25) is 11.8 Å². The van der Waals surface area contributed by atoms with Gasteiger partial charge in [0.05, 0.1) is 5.92 Å². The van der Waals surface area contributed by atoms with Gasteiger partial charge in [0.15, 0.2) is 0 Å². The van der Waals surface area contributed by atoms with E-state index in [1.54, 1.807) is 6.07 Å². The first kappa shape index (κ1) is 11.1. The van der Waals surface area contributed by atoms with Crippen LogP contribution in [0.25, 0.3) is 0 Å². The molecule has 0 N–H and O–H groups in total. The van der Waals surface area contributed by atoms with E-state index in [1.807, 2.05) is 19.1 Å². The van der Waals surface area contributed by atoms with Crippen molar-refractivity contribution in [2.24, 2.45) is 0 Å². The van der Waals surface area contributed by atoms with Crippen LogP contribution in [0.3, 0.4) is 0 Å². The topological polar surface area (TPSA) is 37.4 Å². The maximum atomic E-state index is 11.8. The summed E-state index contributed by atoms with van der Waals surface area (Å²) in [5.41, 5.74) is 1.79. The molecule has 0 bridgehead atoms. The standard InChI is InChI=1S/C12H12ClNO2/c1-7-5-8(3-4-10(7)13)9-6-11(15)14(2)12(9)16/h3-5,9H,6H2,1-2H3. The van der Waals surface area contributed by atoms with Crippen LogP contribution in [0.2, 0.25) is 5.02 Å². The molecule has 1 heterocycles. The molecule has 16 heavy (non-hydrogen) atoms. The Kier molecular flexibility index (Phi) is 2.72. The van der Waals surface area contributed by atoms with E-state index >= 15 is 0 Å². The zero-order chi connectivity index (χ0) is 11.9. The summed E-state index contributed by atoms with van der Waals surface area (Å²) in [5.74, 6) is -0.595. The van der Waals surface area contributed by atoms with Gasteiger partial charge in [-0.3, -0.25) is 14.5 Å². The number of hydrogen-bond donors (Lipinski definition) is 0. The van der Waals surface area contributed by atoms with Crippen LogP contribution in [-0.4, -0.2) is 23.8 Å². The molecule has 1 atom stereocenters. The Labute approximate surface area is 99.0 Å². The fourth-order valence-electron chi connectivity index (χ4n) is 1.90. The van der Waals surface area contributed by atoms with Gasteiger partial charge < -0.3 is 0 Å². The lowest BCUT2D eigenvalue weighted by molar-refractivity contribution is -0.137. The minimum Gasteiger partial charge on any atom is -0.285 e. The number of halogens is 1. The van der Waals surface area contributed by atoms with Crippen molar-refractivity contribution in [2.75, 3.05) is 7.05 Å². The van der Waals surface area contributed by atoms with Crippen molar-refractivity contribution in [3.05, 3.63) is 34.3 Å². The maximum absolute atomic E-state index is 11.8. The lowest BCUT2D eigenvalue weighted by atomic mass is 9.96. The molecule has 1 aliphatic heterocycles. The van der Waals surface area contributed by atoms with Crippen molar-refractivity contribution < 1.29 is 9.59 Å². The number of nitrogens with zero attached hydrogens (tertiary/aromatic N) is 1. The van der Waals surface area contributed by atoms with Crippen LogP contribution in [0.15, 0.2) is 18.2 Å². The Bertz CT molecular complexity index is 470. The number of likely N-dealkylation sites (tertiary alicyclic amines) is 1. The van der Waals surface area contributed by atoms with Crippen LogP contribution in [0.5, 0.6) is 0 Å². The Hall–Kier alpha value is -1.35. The number of hydrogen-bond acceptors (Lipinski definition) is 2. The molecule has 0 aromatic heterocycles. The van der Waals surface area contributed by atoms with Crippen LogP contribution in [0.1, 0.15) is 23.5 Å². The fraction of sp³-hybridized carbons (Fsp3) is 0.333. The first-order valence-corrected chi connectivity index (χ1v) is 5.45. The van der Waals surface area contributed by atoms with E-state index in [1.165, 1.54) is 11.9 Å². The van der Waals surface area contributed by atoms with Crippen LogP contribution >= 0.6 is 11.6 Å². The molecule has 1 aliphatic rings. The number of amides is 2. The SMILES string of the molecule is Cc1cc(C2CC(=O)N(C)C2=O)ccc1Cl. The predicted molar refractivity (Wildman–Crippen MR) is 61.3 cm³/mol. The fourth-order valence-corrected chi connectivity index (χ4v) is 2.02. The first-order chi connectivity index (χ1) is 7.50. The molecule has 84 valence electrons. The average molecular weight is 238 g/mol. The summed E-state index contributed by atoms with van der Waals surface area (Å²) in [6.07, 6.45) is 0.260. The Morgan fingerprint density at radius 3 is 2.56 bits per heavy atom.